The number of fused-ring (bicyclic) bond motifs is 1. The molecular weight excluding hydrogens is 384 g/mol. The fourth-order valence-electron chi connectivity index (χ4n) is 2.60. The minimum Gasteiger partial charge on any atom is -0.463 e. The summed E-state index contributed by atoms with van der Waals surface area (Å²) < 4.78 is 11.8. The number of hydrogen-bond acceptors (Lipinski definition) is 5. The highest BCUT2D eigenvalue weighted by atomic mass is 16.6. The number of benzene rings is 1. The molecule has 0 aliphatic rings. The van der Waals surface area contributed by atoms with Crippen LogP contribution in [0.1, 0.15) is 54.0 Å². The summed E-state index contributed by atoms with van der Waals surface area (Å²) in [5.41, 5.74) is 0.603. The average molecular weight is 415 g/mol. The van der Waals surface area contributed by atoms with E-state index in [2.05, 4.69) is 5.32 Å². The number of nitrogens with zero attached hydrogens (tertiary/aromatic N) is 1. The number of carbonyl (C=O) groups is 3. The zero-order valence-electron chi connectivity index (χ0n) is 18.7. The van der Waals surface area contributed by atoms with Crippen LogP contribution in [-0.4, -0.2) is 34.7 Å². The van der Waals surface area contributed by atoms with Crippen LogP contribution < -0.4 is 5.32 Å². The molecule has 1 amide bonds. The van der Waals surface area contributed by atoms with Gasteiger partial charge in [-0.1, -0.05) is 20.8 Å². The lowest BCUT2D eigenvalue weighted by molar-refractivity contribution is -0.137. The third-order valence-electron chi connectivity index (χ3n) is 4.05. The van der Waals surface area contributed by atoms with Gasteiger partial charge in [0.15, 0.2) is 0 Å². The van der Waals surface area contributed by atoms with Crippen LogP contribution in [0.25, 0.3) is 17.0 Å². The molecule has 1 aromatic carbocycles. The van der Waals surface area contributed by atoms with Crippen LogP contribution in [0.3, 0.4) is 0 Å². The van der Waals surface area contributed by atoms with Gasteiger partial charge in [-0.3, -0.25) is 9.36 Å². The second kappa shape index (κ2) is 8.73. The molecule has 0 fully saturated rings. The summed E-state index contributed by atoms with van der Waals surface area (Å²) in [6.45, 7) is 12.8. The summed E-state index contributed by atoms with van der Waals surface area (Å²) in [5.74, 6) is -0.607. The van der Waals surface area contributed by atoms with Crippen LogP contribution in [0.4, 0.5) is 10.5 Å². The molecule has 0 aliphatic carbocycles. The molecule has 30 heavy (non-hydrogen) atoms. The first-order valence-electron chi connectivity index (χ1n) is 9.86. The summed E-state index contributed by atoms with van der Waals surface area (Å²) in [7, 11) is 0. The summed E-state index contributed by atoms with van der Waals surface area (Å²) in [6, 6.07) is 5.23. The Morgan fingerprint density at radius 1 is 1.10 bits per heavy atom. The van der Waals surface area contributed by atoms with E-state index in [1.807, 2.05) is 20.8 Å². The van der Waals surface area contributed by atoms with Gasteiger partial charge < -0.3 is 14.8 Å². The van der Waals surface area contributed by atoms with Gasteiger partial charge in [-0.15, -0.1) is 0 Å². The Balaban J connectivity index is 2.52. The zero-order valence-corrected chi connectivity index (χ0v) is 18.7. The van der Waals surface area contributed by atoms with Crippen molar-refractivity contribution < 1.29 is 23.9 Å². The van der Waals surface area contributed by atoms with Gasteiger partial charge in [-0.2, -0.15) is 0 Å². The summed E-state index contributed by atoms with van der Waals surface area (Å²) in [6.07, 6.45) is 3.95. The monoisotopic (exact) mass is 414 g/mol. The average Bonchev–Trinajstić information content (AvgIpc) is 2.96. The number of esters is 1. The van der Waals surface area contributed by atoms with E-state index in [0.717, 1.165) is 0 Å². The molecule has 0 spiro atoms. The van der Waals surface area contributed by atoms with E-state index in [0.29, 0.717) is 22.2 Å². The SMILES string of the molecule is CCOC(=O)/C=C/c1cn(C(=O)OC(C)(C)C)c2ccc(NC(=O)C(C)(C)C)cc12. The molecule has 7 heteroatoms. The molecule has 2 aromatic rings. The lowest BCUT2D eigenvalue weighted by Crippen LogP contribution is -2.27. The van der Waals surface area contributed by atoms with Gasteiger partial charge in [0.2, 0.25) is 5.91 Å². The number of ether oxygens (including phenoxy) is 2. The maximum Gasteiger partial charge on any atom is 0.419 e. The maximum atomic E-state index is 12.7. The first-order valence-corrected chi connectivity index (χ1v) is 9.86. The van der Waals surface area contributed by atoms with Crippen LogP contribution in [0, 0.1) is 5.41 Å². The molecule has 2 rings (SSSR count). The van der Waals surface area contributed by atoms with Gasteiger partial charge in [-0.25, -0.2) is 9.59 Å². The van der Waals surface area contributed by atoms with Crippen molar-refractivity contribution in [1.82, 2.24) is 4.57 Å². The molecule has 1 aromatic heterocycles. The van der Waals surface area contributed by atoms with Crippen molar-refractivity contribution in [1.29, 1.82) is 0 Å². The van der Waals surface area contributed by atoms with E-state index in [1.165, 1.54) is 10.6 Å². The minimum atomic E-state index is -0.658. The molecule has 1 heterocycles. The second-order valence-corrected chi connectivity index (χ2v) is 8.96. The highest BCUT2D eigenvalue weighted by Gasteiger charge is 2.23. The smallest absolute Gasteiger partial charge is 0.419 e. The van der Waals surface area contributed by atoms with Gasteiger partial charge in [0.25, 0.3) is 0 Å². The number of anilines is 1. The number of hydrogen-bond donors (Lipinski definition) is 1. The molecular formula is C23H30N2O5. The normalized spacial score (nSPS) is 12.2. The summed E-state index contributed by atoms with van der Waals surface area (Å²) in [5, 5.41) is 3.57. The van der Waals surface area contributed by atoms with E-state index in [-0.39, 0.29) is 12.5 Å². The van der Waals surface area contributed by atoms with Crippen molar-refractivity contribution in [2.75, 3.05) is 11.9 Å². The third kappa shape index (κ3) is 5.95. The molecule has 0 radical (unpaired) electrons. The van der Waals surface area contributed by atoms with Crippen LogP contribution in [0.5, 0.6) is 0 Å². The summed E-state index contributed by atoms with van der Waals surface area (Å²) in [4.78, 5) is 36.8. The van der Waals surface area contributed by atoms with Crippen molar-refractivity contribution in [3.63, 3.8) is 0 Å². The van der Waals surface area contributed by atoms with E-state index in [9.17, 15) is 14.4 Å². The topological polar surface area (TPSA) is 86.6 Å². The first kappa shape index (κ1) is 23.2. The second-order valence-electron chi connectivity index (χ2n) is 8.96. The zero-order chi connectivity index (χ0) is 22.7. The number of nitrogens with one attached hydrogen (secondary N) is 1. The number of amides is 1. The molecule has 162 valence electrons. The van der Waals surface area contributed by atoms with Gasteiger partial charge in [0.1, 0.15) is 5.60 Å². The van der Waals surface area contributed by atoms with Crippen molar-refractivity contribution in [2.45, 2.75) is 54.1 Å². The molecule has 0 atom stereocenters. The van der Waals surface area contributed by atoms with Gasteiger partial charge in [0.05, 0.1) is 12.1 Å². The summed E-state index contributed by atoms with van der Waals surface area (Å²) >= 11 is 0. The third-order valence-corrected chi connectivity index (χ3v) is 4.05. The molecule has 0 bridgehead atoms. The number of aromatic nitrogens is 1. The Hall–Kier alpha value is -3.09. The Kier molecular flexibility index (Phi) is 6.75. The Labute approximate surface area is 177 Å². The van der Waals surface area contributed by atoms with Gasteiger partial charge in [0, 0.05) is 34.3 Å². The fraction of sp³-hybridized carbons (Fsp3) is 0.435. The molecule has 0 aliphatic heterocycles. The fourth-order valence-corrected chi connectivity index (χ4v) is 2.60. The highest BCUT2D eigenvalue weighted by molar-refractivity contribution is 6.01. The van der Waals surface area contributed by atoms with Crippen molar-refractivity contribution in [2.24, 2.45) is 5.41 Å². The lowest BCUT2D eigenvalue weighted by atomic mass is 9.95. The Bertz CT molecular complexity index is 987. The van der Waals surface area contributed by atoms with E-state index < -0.39 is 23.1 Å². The quantitative estimate of drug-likeness (QED) is 0.563. The van der Waals surface area contributed by atoms with E-state index >= 15 is 0 Å². The molecule has 7 nitrogen and oxygen atoms in total. The number of carbonyl (C=O) groups excluding carboxylic acids is 3. The predicted octanol–water partition coefficient (Wildman–Crippen LogP) is 4.99. The van der Waals surface area contributed by atoms with Crippen molar-refractivity contribution in [3.05, 3.63) is 36.0 Å². The Morgan fingerprint density at radius 2 is 1.77 bits per heavy atom. The van der Waals surface area contributed by atoms with Crippen LogP contribution >= 0.6 is 0 Å². The maximum absolute atomic E-state index is 12.7. The highest BCUT2D eigenvalue weighted by Crippen LogP contribution is 2.28. The minimum absolute atomic E-state index is 0.128. The lowest BCUT2D eigenvalue weighted by Gasteiger charge is -2.20. The first-order chi connectivity index (χ1) is 13.8. The van der Waals surface area contributed by atoms with Gasteiger partial charge in [-0.05, 0) is 52.0 Å². The molecule has 0 unspecified atom stereocenters. The molecule has 1 N–H and O–H groups in total. The van der Waals surface area contributed by atoms with Crippen LogP contribution in [0.15, 0.2) is 30.5 Å². The largest absolute Gasteiger partial charge is 0.463 e. The predicted molar refractivity (Wildman–Crippen MR) is 117 cm³/mol. The number of rotatable bonds is 4. The van der Waals surface area contributed by atoms with Crippen molar-refractivity contribution >= 4 is 40.6 Å². The van der Waals surface area contributed by atoms with Gasteiger partial charge >= 0.3 is 12.1 Å². The van der Waals surface area contributed by atoms with E-state index in [1.54, 1.807) is 58.2 Å². The van der Waals surface area contributed by atoms with E-state index in [4.69, 9.17) is 9.47 Å². The molecule has 0 saturated carbocycles. The standard InChI is InChI=1S/C23H30N2O5/c1-8-29-19(26)12-9-15-14-25(21(28)30-23(5,6)7)18-11-10-16(13-17(15)18)24-20(27)22(2,3)4/h9-14H,8H2,1-7H3,(H,24,27)/b12-9+. The van der Waals surface area contributed by atoms with Crippen LogP contribution in [-0.2, 0) is 19.1 Å². The Morgan fingerprint density at radius 3 is 2.33 bits per heavy atom. The van der Waals surface area contributed by atoms with Crippen LogP contribution in [0.2, 0.25) is 0 Å². The van der Waals surface area contributed by atoms with Crippen molar-refractivity contribution in [3.8, 4) is 0 Å². The molecule has 0 saturated heterocycles.